The minimum Gasteiger partial charge on any atom is -0.353 e. The average Bonchev–Trinajstić information content (AvgIpc) is 2.38. The van der Waals surface area contributed by atoms with Gasteiger partial charge in [0.1, 0.15) is 0 Å². The topological polar surface area (TPSA) is 64.2 Å². The van der Waals surface area contributed by atoms with E-state index >= 15 is 0 Å². The van der Waals surface area contributed by atoms with Gasteiger partial charge in [0.2, 0.25) is 0 Å². The highest BCUT2D eigenvalue weighted by atomic mass is 32.2. The summed E-state index contributed by atoms with van der Waals surface area (Å²) in [4.78, 5) is 16.8. The molecule has 0 atom stereocenters. The van der Waals surface area contributed by atoms with Crippen LogP contribution in [-0.2, 0) is 15.7 Å². The van der Waals surface area contributed by atoms with Crippen molar-refractivity contribution in [1.29, 1.82) is 0 Å². The maximum Gasteiger partial charge on any atom is 0.433 e. The van der Waals surface area contributed by atoms with Gasteiger partial charge in [-0.15, -0.1) is 0 Å². The molecular formula is C11H13F3N2O3S. The Morgan fingerprint density at radius 3 is 2.75 bits per heavy atom. The molecule has 9 heteroatoms. The number of thioether (sulfide) groups is 1. The number of hydrogen-bond acceptors (Lipinski definition) is 5. The van der Waals surface area contributed by atoms with E-state index in [0.29, 0.717) is 31.5 Å². The summed E-state index contributed by atoms with van der Waals surface area (Å²) in [5.41, 5.74) is -2.01. The normalized spacial score (nSPS) is 17.4. The average molecular weight is 310 g/mol. The fourth-order valence-electron chi connectivity index (χ4n) is 1.60. The zero-order valence-corrected chi connectivity index (χ0v) is 11.2. The first-order chi connectivity index (χ1) is 9.45. The van der Waals surface area contributed by atoms with Gasteiger partial charge in [-0.3, -0.25) is 4.79 Å². The summed E-state index contributed by atoms with van der Waals surface area (Å²) in [6, 6.07) is 0.442. The monoisotopic (exact) mass is 310 g/mol. The Labute approximate surface area is 116 Å². The van der Waals surface area contributed by atoms with Crippen molar-refractivity contribution in [1.82, 2.24) is 9.97 Å². The molecule has 1 aliphatic heterocycles. The predicted octanol–water partition coefficient (Wildman–Crippen LogP) is 2.03. The molecule has 0 bridgehead atoms. The van der Waals surface area contributed by atoms with E-state index in [1.165, 1.54) is 0 Å². The Morgan fingerprint density at radius 1 is 1.40 bits per heavy atom. The molecule has 1 saturated heterocycles. The number of aromatic amines is 1. The lowest BCUT2D eigenvalue weighted by Gasteiger charge is -2.22. The van der Waals surface area contributed by atoms with Gasteiger partial charge in [0.05, 0.1) is 13.2 Å². The van der Waals surface area contributed by atoms with Gasteiger partial charge in [-0.25, -0.2) is 4.98 Å². The van der Waals surface area contributed by atoms with E-state index in [2.05, 4.69) is 9.97 Å². The van der Waals surface area contributed by atoms with E-state index in [-0.39, 0.29) is 11.4 Å². The molecule has 2 rings (SSSR count). The van der Waals surface area contributed by atoms with Crippen LogP contribution in [0.1, 0.15) is 18.5 Å². The number of H-pyrrole nitrogens is 1. The summed E-state index contributed by atoms with van der Waals surface area (Å²) >= 11 is 1.03. The molecule has 1 aliphatic rings. The highest BCUT2D eigenvalue weighted by molar-refractivity contribution is 7.99. The molecule has 0 radical (unpaired) electrons. The zero-order valence-electron chi connectivity index (χ0n) is 10.4. The SMILES string of the molecule is O=c1cc(C(F)(F)F)nc(SCCC2OCCCO2)[nH]1. The van der Waals surface area contributed by atoms with Crippen molar-refractivity contribution in [2.24, 2.45) is 0 Å². The molecule has 112 valence electrons. The third-order valence-corrected chi connectivity index (χ3v) is 3.41. The molecule has 1 fully saturated rings. The molecule has 1 aromatic rings. The Hall–Kier alpha value is -1.06. The van der Waals surface area contributed by atoms with Crippen LogP contribution in [0, 0.1) is 0 Å². The fraction of sp³-hybridized carbons (Fsp3) is 0.636. The summed E-state index contributed by atoms with van der Waals surface area (Å²) in [6.45, 7) is 1.24. The zero-order chi connectivity index (χ0) is 14.6. The number of nitrogens with one attached hydrogen (secondary N) is 1. The molecule has 2 heterocycles. The van der Waals surface area contributed by atoms with Crippen LogP contribution in [0.5, 0.6) is 0 Å². The van der Waals surface area contributed by atoms with E-state index in [1.807, 2.05) is 0 Å². The number of hydrogen-bond donors (Lipinski definition) is 1. The maximum atomic E-state index is 12.5. The Balaban J connectivity index is 1.92. The van der Waals surface area contributed by atoms with Gasteiger partial charge in [-0.1, -0.05) is 11.8 Å². The van der Waals surface area contributed by atoms with Crippen LogP contribution in [-0.4, -0.2) is 35.2 Å². The van der Waals surface area contributed by atoms with E-state index in [0.717, 1.165) is 18.2 Å². The first-order valence-electron chi connectivity index (χ1n) is 6.00. The van der Waals surface area contributed by atoms with Gasteiger partial charge < -0.3 is 14.5 Å². The van der Waals surface area contributed by atoms with E-state index in [4.69, 9.17) is 9.47 Å². The van der Waals surface area contributed by atoms with Crippen molar-refractivity contribution in [2.45, 2.75) is 30.5 Å². The maximum absolute atomic E-state index is 12.5. The van der Waals surface area contributed by atoms with Gasteiger partial charge in [0.15, 0.2) is 17.1 Å². The van der Waals surface area contributed by atoms with Crippen molar-refractivity contribution in [3.8, 4) is 0 Å². The number of rotatable bonds is 4. The van der Waals surface area contributed by atoms with Crippen molar-refractivity contribution in [2.75, 3.05) is 19.0 Å². The number of nitrogens with zero attached hydrogens (tertiary/aromatic N) is 1. The highest BCUT2D eigenvalue weighted by Crippen LogP contribution is 2.27. The molecule has 0 unspecified atom stereocenters. The minimum absolute atomic E-state index is 0.0550. The standard InChI is InChI=1S/C11H13F3N2O3S/c12-11(13,14)7-6-8(17)16-10(15-7)20-5-2-9-18-3-1-4-19-9/h6,9H,1-5H2,(H,15,16,17). The van der Waals surface area contributed by atoms with E-state index in [9.17, 15) is 18.0 Å². The second-order valence-corrected chi connectivity index (χ2v) is 5.18. The molecule has 1 aromatic heterocycles. The van der Waals surface area contributed by atoms with Crippen LogP contribution in [0.15, 0.2) is 16.0 Å². The second-order valence-electron chi connectivity index (χ2n) is 4.10. The summed E-state index contributed by atoms with van der Waals surface area (Å²) < 4.78 is 48.1. The quantitative estimate of drug-likeness (QED) is 0.681. The molecule has 0 saturated carbocycles. The lowest BCUT2D eigenvalue weighted by molar-refractivity contribution is -0.178. The number of halogens is 3. The molecule has 1 N–H and O–H groups in total. The first-order valence-corrected chi connectivity index (χ1v) is 6.98. The summed E-state index contributed by atoms with van der Waals surface area (Å²) in [5, 5.41) is -0.0550. The summed E-state index contributed by atoms with van der Waals surface area (Å²) in [6.07, 6.45) is -3.61. The van der Waals surface area contributed by atoms with Crippen molar-refractivity contribution >= 4 is 11.8 Å². The molecule has 0 amide bonds. The molecule has 20 heavy (non-hydrogen) atoms. The third-order valence-electron chi connectivity index (χ3n) is 2.50. The minimum atomic E-state index is -4.63. The van der Waals surface area contributed by atoms with E-state index in [1.54, 1.807) is 0 Å². The van der Waals surface area contributed by atoms with Crippen molar-refractivity contribution in [3.05, 3.63) is 22.1 Å². The smallest absolute Gasteiger partial charge is 0.353 e. The lowest BCUT2D eigenvalue weighted by Crippen LogP contribution is -2.25. The van der Waals surface area contributed by atoms with Crippen LogP contribution < -0.4 is 5.56 Å². The van der Waals surface area contributed by atoms with Gasteiger partial charge >= 0.3 is 6.18 Å². The highest BCUT2D eigenvalue weighted by Gasteiger charge is 2.33. The molecule has 0 aliphatic carbocycles. The van der Waals surface area contributed by atoms with Crippen LogP contribution in [0.3, 0.4) is 0 Å². The first kappa shape index (κ1) is 15.3. The Kier molecular flexibility index (Phi) is 5.06. The number of aromatic nitrogens is 2. The largest absolute Gasteiger partial charge is 0.433 e. The molecule has 5 nitrogen and oxygen atoms in total. The van der Waals surface area contributed by atoms with Gasteiger partial charge in [-0.05, 0) is 6.42 Å². The van der Waals surface area contributed by atoms with Crippen LogP contribution in [0.2, 0.25) is 0 Å². The van der Waals surface area contributed by atoms with Crippen LogP contribution >= 0.6 is 11.8 Å². The Bertz CT molecular complexity index is 500. The van der Waals surface area contributed by atoms with Gasteiger partial charge in [0.25, 0.3) is 5.56 Å². The molecular weight excluding hydrogens is 297 g/mol. The van der Waals surface area contributed by atoms with Gasteiger partial charge in [0, 0.05) is 18.2 Å². The number of alkyl halides is 3. The molecule has 0 spiro atoms. The summed E-state index contributed by atoms with van der Waals surface area (Å²) in [7, 11) is 0. The van der Waals surface area contributed by atoms with Crippen LogP contribution in [0.4, 0.5) is 13.2 Å². The number of ether oxygens (including phenoxy) is 2. The fourth-order valence-corrected chi connectivity index (χ4v) is 2.44. The second kappa shape index (κ2) is 6.59. The van der Waals surface area contributed by atoms with Gasteiger partial charge in [-0.2, -0.15) is 13.2 Å². The predicted molar refractivity (Wildman–Crippen MR) is 65.5 cm³/mol. The van der Waals surface area contributed by atoms with Crippen LogP contribution in [0.25, 0.3) is 0 Å². The summed E-state index contributed by atoms with van der Waals surface area (Å²) in [5.74, 6) is 0.439. The Morgan fingerprint density at radius 2 is 2.10 bits per heavy atom. The van der Waals surface area contributed by atoms with Crippen molar-refractivity contribution in [3.63, 3.8) is 0 Å². The molecule has 0 aromatic carbocycles. The van der Waals surface area contributed by atoms with E-state index < -0.39 is 17.4 Å². The lowest BCUT2D eigenvalue weighted by atomic mass is 10.4. The third kappa shape index (κ3) is 4.50. The van der Waals surface area contributed by atoms with Crippen molar-refractivity contribution < 1.29 is 22.6 Å².